The van der Waals surface area contributed by atoms with Crippen molar-refractivity contribution in [1.29, 1.82) is 0 Å². The molecule has 2 atom stereocenters. The Morgan fingerprint density at radius 3 is 2.53 bits per heavy atom. The van der Waals surface area contributed by atoms with Gasteiger partial charge in [-0.1, -0.05) is 27.2 Å². The molecule has 0 radical (unpaired) electrons. The van der Waals surface area contributed by atoms with Gasteiger partial charge in [-0.15, -0.1) is 0 Å². The molecule has 2 saturated heterocycles. The minimum Gasteiger partial charge on any atom is -0.325 e. The lowest BCUT2D eigenvalue weighted by Gasteiger charge is -2.26. The van der Waals surface area contributed by atoms with Crippen molar-refractivity contribution in [3.8, 4) is 0 Å². The van der Waals surface area contributed by atoms with Crippen LogP contribution in [0.3, 0.4) is 0 Å². The van der Waals surface area contributed by atoms with Gasteiger partial charge in [-0.25, -0.2) is 0 Å². The highest BCUT2D eigenvalue weighted by Crippen LogP contribution is 2.20. The number of carbonyl (C=O) groups is 1. The predicted molar refractivity (Wildman–Crippen MR) is 77.8 cm³/mol. The number of carbonyl (C=O) groups excluding carboxylic acids is 1. The third kappa shape index (κ3) is 3.48. The molecule has 0 bridgehead atoms. The van der Waals surface area contributed by atoms with Crippen molar-refractivity contribution in [2.24, 2.45) is 5.92 Å². The van der Waals surface area contributed by atoms with Gasteiger partial charge >= 0.3 is 0 Å². The van der Waals surface area contributed by atoms with E-state index < -0.39 is 0 Å². The summed E-state index contributed by atoms with van der Waals surface area (Å²) in [6.45, 7) is 10.8. The van der Waals surface area contributed by atoms with Crippen molar-refractivity contribution < 1.29 is 4.79 Å². The van der Waals surface area contributed by atoms with Crippen molar-refractivity contribution in [2.45, 2.75) is 58.7 Å². The molecule has 0 aromatic carbocycles. The molecular formula is C15H29N3O. The Morgan fingerprint density at radius 2 is 1.95 bits per heavy atom. The van der Waals surface area contributed by atoms with Crippen molar-refractivity contribution in [1.82, 2.24) is 15.1 Å². The molecule has 2 unspecified atom stereocenters. The number of hydrogen-bond donors (Lipinski definition) is 1. The van der Waals surface area contributed by atoms with Crippen molar-refractivity contribution in [3.63, 3.8) is 0 Å². The lowest BCUT2D eigenvalue weighted by Crippen LogP contribution is -2.41. The molecule has 110 valence electrons. The number of likely N-dealkylation sites (tertiary alicyclic amines) is 1. The summed E-state index contributed by atoms with van der Waals surface area (Å²) >= 11 is 0. The highest BCUT2D eigenvalue weighted by atomic mass is 16.2. The summed E-state index contributed by atoms with van der Waals surface area (Å²) < 4.78 is 0. The molecule has 0 spiro atoms. The summed E-state index contributed by atoms with van der Waals surface area (Å²) in [6.07, 6.45) is 5.08. The van der Waals surface area contributed by atoms with Crippen LogP contribution in [0.15, 0.2) is 0 Å². The maximum Gasteiger partial charge on any atom is 0.241 e. The monoisotopic (exact) mass is 267 g/mol. The van der Waals surface area contributed by atoms with E-state index in [9.17, 15) is 4.79 Å². The summed E-state index contributed by atoms with van der Waals surface area (Å²) in [5.74, 6) is 0.691. The van der Waals surface area contributed by atoms with E-state index in [1.807, 2.05) is 0 Å². The summed E-state index contributed by atoms with van der Waals surface area (Å²) in [4.78, 5) is 17.1. The van der Waals surface area contributed by atoms with Gasteiger partial charge in [-0.05, 0) is 38.3 Å². The molecule has 2 fully saturated rings. The third-order valence-electron chi connectivity index (χ3n) is 4.38. The molecule has 0 saturated carbocycles. The van der Waals surface area contributed by atoms with Gasteiger partial charge in [0.05, 0.1) is 12.2 Å². The second kappa shape index (κ2) is 6.71. The van der Waals surface area contributed by atoms with E-state index in [1.165, 1.54) is 25.9 Å². The fraction of sp³-hybridized carbons (Fsp3) is 0.933. The van der Waals surface area contributed by atoms with Crippen LogP contribution in [-0.2, 0) is 4.79 Å². The van der Waals surface area contributed by atoms with Gasteiger partial charge in [0.2, 0.25) is 5.91 Å². The number of amides is 1. The van der Waals surface area contributed by atoms with Crippen LogP contribution in [0.5, 0.6) is 0 Å². The average Bonchev–Trinajstić information content (AvgIpc) is 2.96. The average molecular weight is 267 g/mol. The van der Waals surface area contributed by atoms with E-state index in [4.69, 9.17) is 0 Å². The Hall–Kier alpha value is -0.610. The summed E-state index contributed by atoms with van der Waals surface area (Å²) in [5, 5.41) is 3.52. The number of hydrogen-bond acceptors (Lipinski definition) is 3. The molecule has 2 aliphatic heterocycles. The van der Waals surface area contributed by atoms with E-state index in [0.29, 0.717) is 11.8 Å². The van der Waals surface area contributed by atoms with E-state index in [-0.39, 0.29) is 12.2 Å². The Bertz CT molecular complexity index is 300. The molecule has 2 heterocycles. The number of rotatable bonds is 6. The largest absolute Gasteiger partial charge is 0.325 e. The molecule has 19 heavy (non-hydrogen) atoms. The van der Waals surface area contributed by atoms with Crippen LogP contribution in [0.25, 0.3) is 0 Å². The first-order valence-corrected chi connectivity index (χ1v) is 7.92. The van der Waals surface area contributed by atoms with Gasteiger partial charge in [-0.2, -0.15) is 0 Å². The Kier molecular flexibility index (Phi) is 5.22. The highest BCUT2D eigenvalue weighted by molar-refractivity contribution is 5.84. The highest BCUT2D eigenvalue weighted by Gasteiger charge is 2.39. The molecule has 2 rings (SSSR count). The molecule has 2 aliphatic rings. The molecule has 4 nitrogen and oxygen atoms in total. The molecule has 1 amide bonds. The Balaban J connectivity index is 1.92. The van der Waals surface area contributed by atoms with E-state index in [1.54, 1.807) is 0 Å². The van der Waals surface area contributed by atoms with E-state index in [2.05, 4.69) is 35.9 Å². The summed E-state index contributed by atoms with van der Waals surface area (Å²) in [5.41, 5.74) is 0. The lowest BCUT2D eigenvalue weighted by atomic mass is 10.1. The second-order valence-corrected chi connectivity index (χ2v) is 6.27. The van der Waals surface area contributed by atoms with Crippen molar-refractivity contribution in [2.75, 3.05) is 26.2 Å². The normalized spacial score (nSPS) is 28.8. The predicted octanol–water partition coefficient (Wildman–Crippen LogP) is 1.66. The molecule has 4 heteroatoms. The Morgan fingerprint density at radius 1 is 1.26 bits per heavy atom. The topological polar surface area (TPSA) is 35.6 Å². The van der Waals surface area contributed by atoms with Crippen LogP contribution < -0.4 is 5.32 Å². The van der Waals surface area contributed by atoms with Crippen LogP contribution >= 0.6 is 0 Å². The fourth-order valence-electron chi connectivity index (χ4n) is 3.21. The zero-order chi connectivity index (χ0) is 13.8. The molecule has 0 aromatic heterocycles. The maximum absolute atomic E-state index is 12.5. The minimum absolute atomic E-state index is 0.0233. The summed E-state index contributed by atoms with van der Waals surface area (Å²) in [6, 6.07) is 0.0233. The molecule has 1 N–H and O–H groups in total. The molecule has 0 aliphatic carbocycles. The van der Waals surface area contributed by atoms with Gasteiger partial charge in [0.1, 0.15) is 0 Å². The van der Waals surface area contributed by atoms with E-state index >= 15 is 0 Å². The first-order chi connectivity index (χ1) is 9.13. The van der Waals surface area contributed by atoms with Gasteiger partial charge in [0.25, 0.3) is 0 Å². The van der Waals surface area contributed by atoms with Gasteiger partial charge < -0.3 is 9.80 Å². The second-order valence-electron chi connectivity index (χ2n) is 6.27. The summed E-state index contributed by atoms with van der Waals surface area (Å²) in [7, 11) is 0. The van der Waals surface area contributed by atoms with Crippen molar-refractivity contribution >= 4 is 5.91 Å². The van der Waals surface area contributed by atoms with Crippen LogP contribution in [0.1, 0.15) is 46.5 Å². The SMILES string of the molecule is CCCC1NC(C(C)C)C(=O)N1CCN1CCCC1. The smallest absolute Gasteiger partial charge is 0.241 e. The molecule has 0 aromatic rings. The first kappa shape index (κ1) is 14.8. The van der Waals surface area contributed by atoms with Crippen molar-refractivity contribution in [3.05, 3.63) is 0 Å². The Labute approximate surface area is 117 Å². The first-order valence-electron chi connectivity index (χ1n) is 7.92. The van der Waals surface area contributed by atoms with Gasteiger partial charge in [-0.3, -0.25) is 10.1 Å². The van der Waals surface area contributed by atoms with Crippen LogP contribution in [0.4, 0.5) is 0 Å². The standard InChI is InChI=1S/C15H29N3O/c1-4-7-13-16-14(12(2)3)15(19)18(13)11-10-17-8-5-6-9-17/h12-14,16H,4-11H2,1-3H3. The fourth-order valence-corrected chi connectivity index (χ4v) is 3.21. The molecular weight excluding hydrogens is 238 g/mol. The zero-order valence-electron chi connectivity index (χ0n) is 12.7. The van der Waals surface area contributed by atoms with Crippen LogP contribution in [0.2, 0.25) is 0 Å². The number of nitrogens with one attached hydrogen (secondary N) is 1. The van der Waals surface area contributed by atoms with Crippen LogP contribution in [0, 0.1) is 5.92 Å². The van der Waals surface area contributed by atoms with Crippen LogP contribution in [-0.4, -0.2) is 54.1 Å². The minimum atomic E-state index is 0.0233. The third-order valence-corrected chi connectivity index (χ3v) is 4.38. The maximum atomic E-state index is 12.5. The van der Waals surface area contributed by atoms with E-state index in [0.717, 1.165) is 25.9 Å². The quantitative estimate of drug-likeness (QED) is 0.795. The van der Waals surface area contributed by atoms with Gasteiger partial charge in [0.15, 0.2) is 0 Å². The zero-order valence-corrected chi connectivity index (χ0v) is 12.7. The lowest BCUT2D eigenvalue weighted by molar-refractivity contribution is -0.131. The van der Waals surface area contributed by atoms with Gasteiger partial charge in [0, 0.05) is 13.1 Å². The number of nitrogens with zero attached hydrogens (tertiary/aromatic N) is 2.